The first-order valence-corrected chi connectivity index (χ1v) is 13.3. The molecule has 194 valence electrons. The molecule has 0 spiro atoms. The molecule has 3 amide bonds. The Morgan fingerprint density at radius 2 is 1.65 bits per heavy atom. The number of benzene rings is 3. The molecule has 1 aliphatic heterocycles. The first kappa shape index (κ1) is 26.1. The van der Waals surface area contributed by atoms with Crippen LogP contribution in [0.1, 0.15) is 18.4 Å². The summed E-state index contributed by atoms with van der Waals surface area (Å²) in [5.41, 5.74) is 0.870. The predicted octanol–water partition coefficient (Wildman–Crippen LogP) is 2.06. The first-order valence-electron chi connectivity index (χ1n) is 11.8. The highest BCUT2D eigenvalue weighted by molar-refractivity contribution is 7.89. The maximum atomic E-state index is 13.4. The highest BCUT2D eigenvalue weighted by Crippen LogP contribution is 2.28. The van der Waals surface area contributed by atoms with Gasteiger partial charge in [-0.15, -0.1) is 0 Å². The van der Waals surface area contributed by atoms with E-state index in [2.05, 4.69) is 16.0 Å². The lowest BCUT2D eigenvalue weighted by Crippen LogP contribution is -2.54. The van der Waals surface area contributed by atoms with Crippen LogP contribution in [0, 0.1) is 0 Å². The number of carbonyl (C=O) groups excluding carboxylic acids is 2. The van der Waals surface area contributed by atoms with Crippen molar-refractivity contribution in [3.63, 3.8) is 0 Å². The van der Waals surface area contributed by atoms with Gasteiger partial charge in [-0.25, -0.2) is 18.0 Å². The molecule has 11 heteroatoms. The third-order valence-corrected chi connectivity index (χ3v) is 8.12. The largest absolute Gasteiger partial charge is 0.480 e. The molecule has 3 aromatic rings. The fourth-order valence-corrected chi connectivity index (χ4v) is 5.95. The van der Waals surface area contributed by atoms with Gasteiger partial charge in [-0.05, 0) is 41.3 Å². The third-order valence-electron chi connectivity index (χ3n) is 6.21. The van der Waals surface area contributed by atoms with E-state index >= 15 is 0 Å². The highest BCUT2D eigenvalue weighted by Gasteiger charge is 2.40. The number of sulfonamides is 1. The summed E-state index contributed by atoms with van der Waals surface area (Å²) >= 11 is 0. The molecule has 1 fully saturated rings. The summed E-state index contributed by atoms with van der Waals surface area (Å²) in [7, 11) is -3.99. The number of carbonyl (C=O) groups is 3. The molecule has 1 aliphatic rings. The van der Waals surface area contributed by atoms with Crippen LogP contribution in [0.5, 0.6) is 0 Å². The van der Waals surface area contributed by atoms with E-state index in [1.807, 2.05) is 54.6 Å². The van der Waals surface area contributed by atoms with Crippen molar-refractivity contribution in [1.29, 1.82) is 0 Å². The van der Waals surface area contributed by atoms with Gasteiger partial charge in [0.25, 0.3) is 0 Å². The molecule has 3 aromatic carbocycles. The molecule has 0 radical (unpaired) electrons. The van der Waals surface area contributed by atoms with Gasteiger partial charge in [0.1, 0.15) is 12.1 Å². The lowest BCUT2D eigenvalue weighted by Gasteiger charge is -2.25. The number of aliphatic carboxylic acids is 1. The average Bonchev–Trinajstić information content (AvgIpc) is 3.41. The smallest absolute Gasteiger partial charge is 0.328 e. The molecule has 2 unspecified atom stereocenters. The van der Waals surface area contributed by atoms with Crippen molar-refractivity contribution in [1.82, 2.24) is 20.3 Å². The van der Waals surface area contributed by atoms with Crippen molar-refractivity contribution < 1.29 is 27.9 Å². The lowest BCUT2D eigenvalue weighted by atomic mass is 10.1. The number of hydrogen-bond acceptors (Lipinski definition) is 5. The summed E-state index contributed by atoms with van der Waals surface area (Å²) in [6.07, 6.45) is 0.721. The van der Waals surface area contributed by atoms with Gasteiger partial charge < -0.3 is 21.1 Å². The predicted molar refractivity (Wildman–Crippen MR) is 137 cm³/mol. The normalized spacial score (nSPS) is 16.7. The van der Waals surface area contributed by atoms with E-state index < -0.39 is 40.0 Å². The summed E-state index contributed by atoms with van der Waals surface area (Å²) in [6, 6.07) is 18.2. The van der Waals surface area contributed by atoms with Crippen molar-refractivity contribution in [3.8, 4) is 0 Å². The number of amides is 3. The summed E-state index contributed by atoms with van der Waals surface area (Å²) in [6.45, 7) is 0.0252. The molecule has 10 nitrogen and oxygen atoms in total. The number of hydrogen-bond donors (Lipinski definition) is 4. The molecule has 0 aliphatic carbocycles. The van der Waals surface area contributed by atoms with Crippen molar-refractivity contribution in [2.45, 2.75) is 36.4 Å². The van der Waals surface area contributed by atoms with Crippen LogP contribution in [0.4, 0.5) is 4.79 Å². The topological polar surface area (TPSA) is 145 Å². The SMILES string of the molecule is O=C(NCc1ccccc1)NCC(NC(=O)C1CCCN1S(=O)(=O)c1ccc2ccccc2c1)C(=O)O. The molecule has 4 N–H and O–H groups in total. The Morgan fingerprint density at radius 3 is 2.38 bits per heavy atom. The Bertz CT molecular complexity index is 1400. The van der Waals surface area contributed by atoms with Crippen molar-refractivity contribution in [2.75, 3.05) is 13.1 Å². The van der Waals surface area contributed by atoms with Crippen molar-refractivity contribution in [2.24, 2.45) is 0 Å². The monoisotopic (exact) mass is 524 g/mol. The summed E-state index contributed by atoms with van der Waals surface area (Å²) < 4.78 is 27.9. The Labute approximate surface area is 214 Å². The van der Waals surface area contributed by atoms with Gasteiger partial charge in [0, 0.05) is 13.1 Å². The Kier molecular flexibility index (Phi) is 8.04. The van der Waals surface area contributed by atoms with E-state index in [1.165, 1.54) is 6.07 Å². The van der Waals surface area contributed by atoms with E-state index in [1.54, 1.807) is 12.1 Å². The van der Waals surface area contributed by atoms with Crippen molar-refractivity contribution in [3.05, 3.63) is 78.4 Å². The Balaban J connectivity index is 1.39. The second kappa shape index (κ2) is 11.4. The summed E-state index contributed by atoms with van der Waals surface area (Å²) in [4.78, 5) is 36.9. The lowest BCUT2D eigenvalue weighted by molar-refractivity contribution is -0.142. The number of rotatable bonds is 9. The maximum Gasteiger partial charge on any atom is 0.328 e. The molecule has 37 heavy (non-hydrogen) atoms. The Morgan fingerprint density at radius 1 is 0.946 bits per heavy atom. The standard InChI is InChI=1S/C26H28N4O6S/c31-24(29-22(25(32)33)17-28-26(34)27-16-18-7-2-1-3-8-18)23-11-6-14-30(23)37(35,36)21-13-12-19-9-4-5-10-20(19)15-21/h1-5,7-10,12-13,15,22-23H,6,11,14,16-17H2,(H,29,31)(H,32,33)(H2,27,28,34). The second-order valence-electron chi connectivity index (χ2n) is 8.73. The van der Waals surface area contributed by atoms with E-state index in [0.717, 1.165) is 20.6 Å². The minimum atomic E-state index is -3.99. The molecule has 0 saturated carbocycles. The van der Waals surface area contributed by atoms with Crippen LogP contribution in [0.2, 0.25) is 0 Å². The second-order valence-corrected chi connectivity index (χ2v) is 10.6. The molecule has 1 saturated heterocycles. The number of nitrogens with one attached hydrogen (secondary N) is 3. The minimum absolute atomic E-state index is 0.0671. The number of nitrogens with zero attached hydrogens (tertiary/aromatic N) is 1. The molecule has 0 aromatic heterocycles. The third kappa shape index (κ3) is 6.25. The minimum Gasteiger partial charge on any atom is -0.480 e. The zero-order valence-electron chi connectivity index (χ0n) is 20.0. The Hall–Kier alpha value is -3.96. The molecule has 4 rings (SSSR count). The van der Waals surface area contributed by atoms with Crippen LogP contribution >= 0.6 is 0 Å². The number of carboxylic acid groups (broad SMARTS) is 1. The van der Waals surface area contributed by atoms with Crippen molar-refractivity contribution >= 4 is 38.7 Å². The van der Waals surface area contributed by atoms with Gasteiger partial charge in [-0.2, -0.15) is 4.31 Å². The van der Waals surface area contributed by atoms with Gasteiger partial charge in [0.15, 0.2) is 0 Å². The van der Waals surface area contributed by atoms with Crippen LogP contribution < -0.4 is 16.0 Å². The van der Waals surface area contributed by atoms with Gasteiger partial charge in [0.2, 0.25) is 15.9 Å². The maximum absolute atomic E-state index is 13.4. The first-order chi connectivity index (χ1) is 17.8. The van der Waals surface area contributed by atoms with Gasteiger partial charge >= 0.3 is 12.0 Å². The fraction of sp³-hybridized carbons (Fsp3) is 0.269. The van der Waals surface area contributed by atoms with Gasteiger partial charge in [-0.3, -0.25) is 4.79 Å². The molecule has 0 bridgehead atoms. The number of urea groups is 1. The molecule has 1 heterocycles. The highest BCUT2D eigenvalue weighted by atomic mass is 32.2. The van der Waals surface area contributed by atoms with Crippen LogP contribution in [-0.2, 0) is 26.2 Å². The van der Waals surface area contributed by atoms with Gasteiger partial charge in [0.05, 0.1) is 11.4 Å². The van der Waals surface area contributed by atoms with Crippen LogP contribution in [0.25, 0.3) is 10.8 Å². The molecular weight excluding hydrogens is 496 g/mol. The van der Waals surface area contributed by atoms with E-state index in [-0.39, 0.29) is 31.0 Å². The zero-order valence-corrected chi connectivity index (χ0v) is 20.8. The van der Waals surface area contributed by atoms with E-state index in [0.29, 0.717) is 6.42 Å². The van der Waals surface area contributed by atoms with Crippen LogP contribution in [0.15, 0.2) is 77.7 Å². The van der Waals surface area contributed by atoms with Gasteiger partial charge in [-0.1, -0.05) is 60.7 Å². The average molecular weight is 525 g/mol. The number of fused-ring (bicyclic) bond motifs is 1. The summed E-state index contributed by atoms with van der Waals surface area (Å²) in [5, 5.41) is 18.7. The van der Waals surface area contributed by atoms with Crippen LogP contribution in [-0.4, -0.2) is 60.9 Å². The summed E-state index contributed by atoms with van der Waals surface area (Å²) in [5.74, 6) is -2.07. The quantitative estimate of drug-likeness (QED) is 0.337. The molecular formula is C26H28N4O6S. The fourth-order valence-electron chi connectivity index (χ4n) is 4.26. The molecule has 2 atom stereocenters. The van der Waals surface area contributed by atoms with Crippen LogP contribution in [0.3, 0.4) is 0 Å². The number of carboxylic acids is 1. The van der Waals surface area contributed by atoms with E-state index in [9.17, 15) is 27.9 Å². The van der Waals surface area contributed by atoms with E-state index in [4.69, 9.17) is 0 Å². The zero-order chi connectivity index (χ0) is 26.4.